The van der Waals surface area contributed by atoms with E-state index < -0.39 is 69.7 Å². The average Bonchev–Trinajstić information content (AvgIpc) is 3.22. The van der Waals surface area contributed by atoms with Gasteiger partial charge in [0.1, 0.15) is 11.7 Å². The standard InChI is InChI=1S/C28H40O8/c1-9-13(2)23(31)36-28-19(24(28,5)6)17-11-16-12-34-25(7,8)35-22(16)27(33)18(10-14(3)20(27)29)26(17,32)15(4)21(28)30/h10-11,13,15,17-19,21-22,30,32-33H,9,12H2,1-8H3/t13-,15+,17?,18-,19+,21+,22+,26+,27+,28+/m0/s1. The molecule has 0 aromatic heterocycles. The molecule has 0 aromatic carbocycles. The number of fused-ring (bicyclic) bond motifs is 7. The maximum Gasteiger partial charge on any atom is 0.309 e. The molecule has 0 amide bonds. The summed E-state index contributed by atoms with van der Waals surface area (Å²) in [6.45, 7) is 14.5. The van der Waals surface area contributed by atoms with Gasteiger partial charge < -0.3 is 29.5 Å². The third-order valence-electron chi connectivity index (χ3n) is 10.2. The third-order valence-corrected chi connectivity index (χ3v) is 10.2. The molecule has 36 heavy (non-hydrogen) atoms. The Labute approximate surface area is 212 Å². The van der Waals surface area contributed by atoms with Gasteiger partial charge in [-0.2, -0.15) is 0 Å². The molecule has 5 rings (SSSR count). The predicted molar refractivity (Wildman–Crippen MR) is 129 cm³/mol. The van der Waals surface area contributed by atoms with Crippen molar-refractivity contribution in [2.24, 2.45) is 35.0 Å². The first-order chi connectivity index (χ1) is 16.5. The normalized spacial score (nSPS) is 48.8. The maximum atomic E-state index is 13.5. The molecular formula is C28H40O8. The average molecular weight is 505 g/mol. The molecule has 3 fully saturated rings. The van der Waals surface area contributed by atoms with Gasteiger partial charge in [0, 0.05) is 29.1 Å². The number of ether oxygens (including phenoxy) is 3. The van der Waals surface area contributed by atoms with E-state index in [-0.39, 0.29) is 18.5 Å². The van der Waals surface area contributed by atoms with Crippen LogP contribution in [0.15, 0.2) is 23.3 Å². The van der Waals surface area contributed by atoms with Crippen molar-refractivity contribution in [1.82, 2.24) is 0 Å². The summed E-state index contributed by atoms with van der Waals surface area (Å²) in [6.07, 6.45) is 1.88. The largest absolute Gasteiger partial charge is 0.455 e. The van der Waals surface area contributed by atoms with Crippen molar-refractivity contribution in [1.29, 1.82) is 0 Å². The Morgan fingerprint density at radius 2 is 1.86 bits per heavy atom. The molecule has 1 heterocycles. The van der Waals surface area contributed by atoms with E-state index in [2.05, 4.69) is 0 Å². The number of hydrogen-bond acceptors (Lipinski definition) is 8. The number of Topliss-reactive ketones (excluding diaryl/α,β-unsaturated/α-hetero) is 1. The highest BCUT2D eigenvalue weighted by atomic mass is 16.7. The van der Waals surface area contributed by atoms with Crippen molar-refractivity contribution in [3.63, 3.8) is 0 Å². The summed E-state index contributed by atoms with van der Waals surface area (Å²) >= 11 is 0. The summed E-state index contributed by atoms with van der Waals surface area (Å²) in [7, 11) is 0. The Kier molecular flexibility index (Phi) is 5.43. The van der Waals surface area contributed by atoms with Gasteiger partial charge in [-0.05, 0) is 38.3 Å². The lowest BCUT2D eigenvalue weighted by Gasteiger charge is -2.53. The molecular weight excluding hydrogens is 464 g/mol. The zero-order valence-electron chi connectivity index (χ0n) is 22.5. The number of carbonyl (C=O) groups is 2. The van der Waals surface area contributed by atoms with Crippen molar-refractivity contribution in [3.05, 3.63) is 23.3 Å². The number of esters is 1. The van der Waals surface area contributed by atoms with Crippen LogP contribution in [-0.2, 0) is 23.8 Å². The van der Waals surface area contributed by atoms with Gasteiger partial charge in [0.15, 0.2) is 17.2 Å². The van der Waals surface area contributed by atoms with Gasteiger partial charge in [-0.3, -0.25) is 9.59 Å². The van der Waals surface area contributed by atoms with Crippen LogP contribution in [0.25, 0.3) is 0 Å². The quantitative estimate of drug-likeness (QED) is 0.395. The van der Waals surface area contributed by atoms with Crippen LogP contribution in [0.5, 0.6) is 0 Å². The lowest BCUT2D eigenvalue weighted by molar-refractivity contribution is -0.289. The third kappa shape index (κ3) is 2.88. The second kappa shape index (κ2) is 7.50. The van der Waals surface area contributed by atoms with E-state index in [0.717, 1.165) is 0 Å². The van der Waals surface area contributed by atoms with Gasteiger partial charge in [0.2, 0.25) is 0 Å². The molecule has 10 atom stereocenters. The van der Waals surface area contributed by atoms with Gasteiger partial charge in [0.05, 0.1) is 24.2 Å². The topological polar surface area (TPSA) is 123 Å². The van der Waals surface area contributed by atoms with Crippen LogP contribution in [0, 0.1) is 35.0 Å². The molecule has 1 unspecified atom stereocenters. The van der Waals surface area contributed by atoms with Crippen LogP contribution < -0.4 is 0 Å². The molecule has 0 aromatic rings. The van der Waals surface area contributed by atoms with Crippen LogP contribution in [0.4, 0.5) is 0 Å². The molecule has 1 saturated heterocycles. The number of hydrogen-bond donors (Lipinski definition) is 3. The minimum absolute atomic E-state index is 0.120. The van der Waals surface area contributed by atoms with Crippen molar-refractivity contribution in [2.75, 3.05) is 6.61 Å². The van der Waals surface area contributed by atoms with Gasteiger partial charge in [-0.15, -0.1) is 0 Å². The fourth-order valence-corrected chi connectivity index (χ4v) is 7.82. The highest BCUT2D eigenvalue weighted by Gasteiger charge is 2.87. The Bertz CT molecular complexity index is 1070. The van der Waals surface area contributed by atoms with Crippen molar-refractivity contribution in [3.8, 4) is 0 Å². The van der Waals surface area contributed by atoms with Crippen LogP contribution in [0.3, 0.4) is 0 Å². The highest BCUT2D eigenvalue weighted by molar-refractivity contribution is 6.05. The zero-order valence-corrected chi connectivity index (χ0v) is 22.5. The first-order valence-electron chi connectivity index (χ1n) is 13.1. The van der Waals surface area contributed by atoms with Crippen molar-refractivity contribution in [2.45, 2.75) is 96.6 Å². The summed E-state index contributed by atoms with van der Waals surface area (Å²) in [5, 5.41) is 36.5. The van der Waals surface area contributed by atoms with Gasteiger partial charge in [-0.25, -0.2) is 0 Å². The molecule has 2 saturated carbocycles. The van der Waals surface area contributed by atoms with E-state index in [4.69, 9.17) is 14.2 Å². The second-order valence-corrected chi connectivity index (χ2v) is 12.8. The monoisotopic (exact) mass is 504 g/mol. The molecule has 0 radical (unpaired) electrons. The first-order valence-corrected chi connectivity index (χ1v) is 13.1. The highest BCUT2D eigenvalue weighted by Crippen LogP contribution is 2.76. The molecule has 200 valence electrons. The Morgan fingerprint density at radius 3 is 2.47 bits per heavy atom. The molecule has 5 aliphatic rings. The summed E-state index contributed by atoms with van der Waals surface area (Å²) < 4.78 is 18.2. The van der Waals surface area contributed by atoms with Crippen LogP contribution in [0.2, 0.25) is 0 Å². The van der Waals surface area contributed by atoms with Gasteiger partial charge >= 0.3 is 5.97 Å². The van der Waals surface area contributed by atoms with E-state index in [9.17, 15) is 24.9 Å². The predicted octanol–water partition coefficient (Wildman–Crippen LogP) is 2.30. The fourth-order valence-electron chi connectivity index (χ4n) is 7.82. The second-order valence-electron chi connectivity index (χ2n) is 12.8. The molecule has 0 spiro atoms. The number of carbonyl (C=O) groups excluding carboxylic acids is 2. The van der Waals surface area contributed by atoms with Gasteiger partial charge in [-0.1, -0.05) is 46.8 Å². The van der Waals surface area contributed by atoms with E-state index >= 15 is 0 Å². The van der Waals surface area contributed by atoms with E-state index in [1.807, 2.05) is 26.8 Å². The minimum atomic E-state index is -2.05. The molecule has 1 aliphatic heterocycles. The SMILES string of the molecule is CC[C@H](C)C(=O)O[C@@]12[C@H](O)[C@@H](C)[C@@]3(O)C(C=C4COC(C)(C)O[C@H]4[C@]4(O)C(=O)C(C)=C[C@H]43)[C@@H]1C2(C)C. The Morgan fingerprint density at radius 1 is 1.22 bits per heavy atom. The van der Waals surface area contributed by atoms with Crippen LogP contribution >= 0.6 is 0 Å². The van der Waals surface area contributed by atoms with E-state index in [0.29, 0.717) is 17.6 Å². The van der Waals surface area contributed by atoms with Crippen LogP contribution in [0.1, 0.15) is 61.8 Å². The number of aliphatic hydroxyl groups is 3. The van der Waals surface area contributed by atoms with Crippen LogP contribution in [-0.4, -0.2) is 68.5 Å². The maximum absolute atomic E-state index is 13.5. The summed E-state index contributed by atoms with van der Waals surface area (Å²) in [4.78, 5) is 26.5. The smallest absolute Gasteiger partial charge is 0.309 e. The number of rotatable bonds is 3. The molecule has 8 heteroatoms. The van der Waals surface area contributed by atoms with Crippen molar-refractivity contribution < 1.29 is 39.1 Å². The molecule has 0 bridgehead atoms. The van der Waals surface area contributed by atoms with E-state index in [1.165, 1.54) is 0 Å². The summed E-state index contributed by atoms with van der Waals surface area (Å²) in [5.74, 6) is -5.18. The lowest BCUT2D eigenvalue weighted by atomic mass is 9.58. The Hall–Kier alpha value is -1.58. The first kappa shape index (κ1) is 26.0. The molecule has 3 N–H and O–H groups in total. The zero-order chi connectivity index (χ0) is 26.8. The number of aliphatic hydroxyl groups excluding tert-OH is 1. The fraction of sp³-hybridized carbons (Fsp3) is 0.786. The molecule has 4 aliphatic carbocycles. The summed E-state index contributed by atoms with van der Waals surface area (Å²) in [6, 6.07) is 0. The van der Waals surface area contributed by atoms with Crippen molar-refractivity contribution >= 4 is 11.8 Å². The minimum Gasteiger partial charge on any atom is -0.455 e. The van der Waals surface area contributed by atoms with E-state index in [1.54, 1.807) is 40.7 Å². The summed E-state index contributed by atoms with van der Waals surface area (Å²) in [5.41, 5.74) is -4.69. The molecule has 8 nitrogen and oxygen atoms in total. The van der Waals surface area contributed by atoms with Gasteiger partial charge in [0.25, 0.3) is 0 Å². The number of ketones is 1. The Balaban J connectivity index is 1.70. The lowest BCUT2D eigenvalue weighted by Crippen LogP contribution is -2.68.